The van der Waals surface area contributed by atoms with E-state index in [4.69, 9.17) is 0 Å². The number of carbonyl (C=O) groups is 1. The maximum atomic E-state index is 11.9. The van der Waals surface area contributed by atoms with E-state index in [1.54, 1.807) is 32.2 Å². The molecule has 0 radical (unpaired) electrons. The number of phenols is 1. The van der Waals surface area contributed by atoms with Gasteiger partial charge in [0.1, 0.15) is 17.3 Å². The molecule has 0 saturated heterocycles. The minimum Gasteiger partial charge on any atom is -0.507 e. The Hall–Kier alpha value is -2.30. The van der Waals surface area contributed by atoms with Crippen LogP contribution in [-0.2, 0) is 4.79 Å². The molecular weight excluding hydrogens is 242 g/mol. The molecule has 1 N–H and O–H groups in total. The van der Waals surface area contributed by atoms with Crippen molar-refractivity contribution in [3.8, 4) is 5.75 Å². The van der Waals surface area contributed by atoms with E-state index < -0.39 is 0 Å². The number of carbonyl (C=O) groups excluding carboxylic acids is 1. The minimum atomic E-state index is -0.159. The summed E-state index contributed by atoms with van der Waals surface area (Å²) in [6.45, 7) is 1.77. The molecular formula is C14H17N3O2. The largest absolute Gasteiger partial charge is 0.507 e. The van der Waals surface area contributed by atoms with Crippen LogP contribution < -0.4 is 4.90 Å². The van der Waals surface area contributed by atoms with Crippen LogP contribution in [0.4, 0.5) is 5.69 Å². The zero-order chi connectivity index (χ0) is 14.2. The first-order valence-corrected chi connectivity index (χ1v) is 5.95. The Balaban J connectivity index is 2.37. The van der Waals surface area contributed by atoms with Gasteiger partial charge in [-0.05, 0) is 25.1 Å². The number of hydrogen-bond acceptors (Lipinski definition) is 4. The number of rotatable bonds is 2. The van der Waals surface area contributed by atoms with Crippen molar-refractivity contribution in [2.45, 2.75) is 6.92 Å². The van der Waals surface area contributed by atoms with Gasteiger partial charge < -0.3 is 10.0 Å². The molecule has 1 aromatic rings. The molecule has 5 nitrogen and oxygen atoms in total. The summed E-state index contributed by atoms with van der Waals surface area (Å²) in [7, 11) is 5.48. The third-order valence-electron chi connectivity index (χ3n) is 3.11. The van der Waals surface area contributed by atoms with Gasteiger partial charge >= 0.3 is 0 Å². The van der Waals surface area contributed by atoms with Gasteiger partial charge in [-0.25, -0.2) is 4.99 Å². The molecule has 1 aliphatic heterocycles. The Morgan fingerprint density at radius 2 is 2.05 bits per heavy atom. The summed E-state index contributed by atoms with van der Waals surface area (Å²) in [4.78, 5) is 19.4. The van der Waals surface area contributed by atoms with E-state index in [9.17, 15) is 9.90 Å². The molecule has 0 saturated carbocycles. The predicted molar refractivity (Wildman–Crippen MR) is 76.3 cm³/mol. The number of nitrogens with zero attached hydrogens (tertiary/aromatic N) is 3. The number of likely N-dealkylation sites (N-methyl/N-ethyl adjacent to an activating group) is 1. The second-order valence-corrected chi connectivity index (χ2v) is 4.69. The third kappa shape index (κ3) is 2.45. The first-order valence-electron chi connectivity index (χ1n) is 5.95. The van der Waals surface area contributed by atoms with E-state index in [1.807, 2.05) is 25.1 Å². The molecule has 19 heavy (non-hydrogen) atoms. The fraction of sp³-hybridized carbons (Fsp3) is 0.286. The number of hydrogen-bond donors (Lipinski definition) is 1. The molecule has 100 valence electrons. The van der Waals surface area contributed by atoms with Crippen LogP contribution in [0, 0.1) is 0 Å². The first-order chi connectivity index (χ1) is 8.90. The smallest absolute Gasteiger partial charge is 0.277 e. The van der Waals surface area contributed by atoms with Gasteiger partial charge in [0, 0.05) is 38.5 Å². The molecule has 2 rings (SSSR count). The van der Waals surface area contributed by atoms with E-state index in [1.165, 1.54) is 4.90 Å². The van der Waals surface area contributed by atoms with Crippen LogP contribution in [0.25, 0.3) is 6.08 Å². The van der Waals surface area contributed by atoms with Crippen molar-refractivity contribution in [2.24, 2.45) is 4.99 Å². The van der Waals surface area contributed by atoms with Crippen LogP contribution >= 0.6 is 0 Å². The van der Waals surface area contributed by atoms with Crippen molar-refractivity contribution in [1.29, 1.82) is 0 Å². The highest BCUT2D eigenvalue weighted by molar-refractivity contribution is 6.13. The molecule has 0 spiro atoms. The van der Waals surface area contributed by atoms with Gasteiger partial charge in [0.15, 0.2) is 0 Å². The maximum absolute atomic E-state index is 11.9. The second kappa shape index (κ2) is 4.76. The first kappa shape index (κ1) is 13.1. The molecule has 0 atom stereocenters. The number of anilines is 1. The average Bonchev–Trinajstić information content (AvgIpc) is 2.59. The Bertz CT molecular complexity index is 588. The molecule has 0 fully saturated rings. The van der Waals surface area contributed by atoms with Crippen LogP contribution in [-0.4, -0.2) is 42.9 Å². The highest BCUT2D eigenvalue weighted by Gasteiger charge is 2.23. The molecule has 0 aromatic heterocycles. The molecule has 0 unspecified atom stereocenters. The fourth-order valence-corrected chi connectivity index (χ4v) is 1.79. The van der Waals surface area contributed by atoms with Crippen molar-refractivity contribution in [2.75, 3.05) is 26.0 Å². The molecule has 5 heteroatoms. The Morgan fingerprint density at radius 1 is 1.37 bits per heavy atom. The topological polar surface area (TPSA) is 56.1 Å². The van der Waals surface area contributed by atoms with Crippen LogP contribution in [0.2, 0.25) is 0 Å². The number of amidine groups is 1. The predicted octanol–water partition coefficient (Wildman–Crippen LogP) is 1.69. The molecule has 0 bridgehead atoms. The van der Waals surface area contributed by atoms with Gasteiger partial charge in [-0.2, -0.15) is 0 Å². The molecule has 1 heterocycles. The van der Waals surface area contributed by atoms with E-state index in [2.05, 4.69) is 4.99 Å². The summed E-state index contributed by atoms with van der Waals surface area (Å²) >= 11 is 0. The Morgan fingerprint density at radius 3 is 2.53 bits per heavy atom. The summed E-state index contributed by atoms with van der Waals surface area (Å²) in [5, 5.41) is 9.97. The van der Waals surface area contributed by atoms with Crippen LogP contribution in [0.3, 0.4) is 0 Å². The van der Waals surface area contributed by atoms with Crippen molar-refractivity contribution >= 4 is 23.5 Å². The molecule has 1 amide bonds. The van der Waals surface area contributed by atoms with Gasteiger partial charge in [-0.15, -0.1) is 0 Å². The lowest BCUT2D eigenvalue weighted by Gasteiger charge is -2.13. The molecule has 1 aromatic carbocycles. The standard InChI is InChI=1S/C14H17N3O2/c1-9-15-12(14(19)17(9)4)7-10-5-6-11(16(2)3)8-13(10)18/h5-8,18H,1-4H3/b12-7-. The Kier molecular flexibility index (Phi) is 3.29. The number of amides is 1. The average molecular weight is 259 g/mol. The van der Waals surface area contributed by atoms with Crippen molar-refractivity contribution < 1.29 is 9.90 Å². The zero-order valence-corrected chi connectivity index (χ0v) is 11.5. The Labute approximate surface area is 112 Å². The third-order valence-corrected chi connectivity index (χ3v) is 3.11. The van der Waals surface area contributed by atoms with Gasteiger partial charge in [-0.3, -0.25) is 9.69 Å². The van der Waals surface area contributed by atoms with E-state index in [0.717, 1.165) is 5.69 Å². The monoisotopic (exact) mass is 259 g/mol. The lowest BCUT2D eigenvalue weighted by molar-refractivity contribution is -0.121. The summed E-state index contributed by atoms with van der Waals surface area (Å²) < 4.78 is 0. The molecule has 1 aliphatic rings. The molecule has 0 aliphatic carbocycles. The fourth-order valence-electron chi connectivity index (χ4n) is 1.79. The van der Waals surface area contributed by atoms with Crippen LogP contribution in [0.15, 0.2) is 28.9 Å². The zero-order valence-electron chi connectivity index (χ0n) is 11.5. The lowest BCUT2D eigenvalue weighted by atomic mass is 10.1. The van der Waals surface area contributed by atoms with Crippen LogP contribution in [0.1, 0.15) is 12.5 Å². The van der Waals surface area contributed by atoms with Gasteiger partial charge in [0.25, 0.3) is 5.91 Å². The van der Waals surface area contributed by atoms with Gasteiger partial charge in [-0.1, -0.05) is 0 Å². The second-order valence-electron chi connectivity index (χ2n) is 4.69. The van der Waals surface area contributed by atoms with E-state index >= 15 is 0 Å². The van der Waals surface area contributed by atoms with Gasteiger partial charge in [0.2, 0.25) is 0 Å². The lowest BCUT2D eigenvalue weighted by Crippen LogP contribution is -2.25. The number of phenolic OH excluding ortho intramolecular Hbond substituents is 1. The summed E-state index contributed by atoms with van der Waals surface area (Å²) in [5.74, 6) is 0.628. The number of aromatic hydroxyl groups is 1. The van der Waals surface area contributed by atoms with Crippen molar-refractivity contribution in [3.05, 3.63) is 29.5 Å². The van der Waals surface area contributed by atoms with Crippen molar-refractivity contribution in [1.82, 2.24) is 4.90 Å². The van der Waals surface area contributed by atoms with Crippen LogP contribution in [0.5, 0.6) is 5.75 Å². The maximum Gasteiger partial charge on any atom is 0.277 e. The highest BCUT2D eigenvalue weighted by Crippen LogP contribution is 2.27. The summed E-state index contributed by atoms with van der Waals surface area (Å²) in [5.41, 5.74) is 1.82. The SMILES string of the molecule is CC1=N/C(=C\c2ccc(N(C)C)cc2O)C(=O)N1C. The summed E-state index contributed by atoms with van der Waals surface area (Å²) in [6.07, 6.45) is 1.60. The minimum absolute atomic E-state index is 0.133. The number of benzene rings is 1. The van der Waals surface area contributed by atoms with E-state index in [0.29, 0.717) is 17.1 Å². The van der Waals surface area contributed by atoms with E-state index in [-0.39, 0.29) is 11.7 Å². The van der Waals surface area contributed by atoms with Gasteiger partial charge in [0.05, 0.1) is 0 Å². The number of aliphatic imine (C=N–C) groups is 1. The normalized spacial score (nSPS) is 17.1. The summed E-state index contributed by atoms with van der Waals surface area (Å²) in [6, 6.07) is 5.31. The highest BCUT2D eigenvalue weighted by atomic mass is 16.3. The van der Waals surface area contributed by atoms with Crippen molar-refractivity contribution in [3.63, 3.8) is 0 Å². The quantitative estimate of drug-likeness (QED) is 0.822.